The van der Waals surface area contributed by atoms with Crippen molar-refractivity contribution in [3.63, 3.8) is 0 Å². The molecule has 1 fully saturated rings. The maximum atomic E-state index is 5.77. The highest BCUT2D eigenvalue weighted by atomic mass is 15.3. The zero-order valence-electron chi connectivity index (χ0n) is 10.6. The molecule has 6 heteroatoms. The molecule has 0 amide bonds. The lowest BCUT2D eigenvalue weighted by Gasteiger charge is -2.23. The number of aromatic amines is 1. The lowest BCUT2D eigenvalue weighted by Crippen LogP contribution is -2.28. The Balaban J connectivity index is 2.01. The highest BCUT2D eigenvalue weighted by molar-refractivity contribution is 5.84. The molecule has 0 atom stereocenters. The number of aromatic nitrogens is 4. The van der Waals surface area contributed by atoms with Gasteiger partial charge in [0.25, 0.3) is 0 Å². The highest BCUT2D eigenvalue weighted by Gasteiger charge is 2.31. The Morgan fingerprint density at radius 1 is 1.44 bits per heavy atom. The fraction of sp³-hybridized carbons (Fsp3) is 0.583. The summed E-state index contributed by atoms with van der Waals surface area (Å²) in [6, 6.07) is 0.609. The minimum atomic E-state index is 0.298. The normalized spacial score (nSPS) is 15.2. The average molecular weight is 246 g/mol. The molecule has 0 aromatic carbocycles. The van der Waals surface area contributed by atoms with Gasteiger partial charge in [0.1, 0.15) is 5.52 Å². The number of nitrogen functional groups attached to an aromatic ring is 1. The molecule has 18 heavy (non-hydrogen) atoms. The Morgan fingerprint density at radius 3 is 3.00 bits per heavy atom. The average Bonchev–Trinajstić information content (AvgIpc) is 3.08. The first-order valence-electron chi connectivity index (χ1n) is 6.53. The van der Waals surface area contributed by atoms with Gasteiger partial charge in [-0.25, -0.2) is 4.98 Å². The molecule has 96 valence electrons. The van der Waals surface area contributed by atoms with Gasteiger partial charge < -0.3 is 15.6 Å². The van der Waals surface area contributed by atoms with Gasteiger partial charge in [0.05, 0.1) is 6.33 Å². The lowest BCUT2D eigenvalue weighted by molar-refractivity contribution is 0.706. The first-order valence-corrected chi connectivity index (χ1v) is 6.53. The smallest absolute Gasteiger partial charge is 0.224 e. The van der Waals surface area contributed by atoms with E-state index in [4.69, 9.17) is 5.73 Å². The van der Waals surface area contributed by atoms with Gasteiger partial charge in [0, 0.05) is 12.6 Å². The minimum absolute atomic E-state index is 0.298. The Kier molecular flexibility index (Phi) is 2.77. The molecule has 1 saturated carbocycles. The molecule has 2 aromatic rings. The molecular weight excluding hydrogens is 228 g/mol. The summed E-state index contributed by atoms with van der Waals surface area (Å²) in [6.07, 6.45) is 6.46. The Labute approximate surface area is 106 Å². The number of fused-ring (bicyclic) bond motifs is 1. The number of imidazole rings is 1. The number of rotatable bonds is 5. The molecule has 0 bridgehead atoms. The maximum Gasteiger partial charge on any atom is 0.224 e. The molecule has 2 heterocycles. The van der Waals surface area contributed by atoms with Gasteiger partial charge in [0.2, 0.25) is 5.95 Å². The molecule has 0 unspecified atom stereocenters. The van der Waals surface area contributed by atoms with Crippen LogP contribution in [0.2, 0.25) is 0 Å². The second-order valence-corrected chi connectivity index (χ2v) is 4.78. The van der Waals surface area contributed by atoms with E-state index >= 15 is 0 Å². The van der Waals surface area contributed by atoms with Crippen LogP contribution in [0.15, 0.2) is 6.33 Å². The maximum absolute atomic E-state index is 5.77. The second kappa shape index (κ2) is 4.44. The first-order chi connectivity index (χ1) is 8.79. The Morgan fingerprint density at radius 2 is 2.28 bits per heavy atom. The van der Waals surface area contributed by atoms with Gasteiger partial charge >= 0.3 is 0 Å². The van der Waals surface area contributed by atoms with Crippen molar-refractivity contribution in [2.45, 2.75) is 38.6 Å². The van der Waals surface area contributed by atoms with Crippen molar-refractivity contribution in [3.8, 4) is 0 Å². The van der Waals surface area contributed by atoms with Crippen molar-refractivity contribution in [2.75, 3.05) is 17.2 Å². The van der Waals surface area contributed by atoms with E-state index in [1.165, 1.54) is 19.3 Å². The van der Waals surface area contributed by atoms with Crippen LogP contribution in [-0.4, -0.2) is 32.5 Å². The quantitative estimate of drug-likeness (QED) is 0.839. The zero-order valence-corrected chi connectivity index (χ0v) is 10.6. The Hall–Kier alpha value is -1.85. The number of nitrogens with one attached hydrogen (secondary N) is 1. The molecule has 6 nitrogen and oxygen atoms in total. The van der Waals surface area contributed by atoms with Crippen LogP contribution in [0.1, 0.15) is 32.6 Å². The van der Waals surface area contributed by atoms with E-state index in [2.05, 4.69) is 31.8 Å². The molecular formula is C12H18N6. The van der Waals surface area contributed by atoms with E-state index in [9.17, 15) is 0 Å². The predicted molar refractivity (Wildman–Crippen MR) is 71.4 cm³/mol. The van der Waals surface area contributed by atoms with Crippen molar-refractivity contribution in [3.05, 3.63) is 6.33 Å². The van der Waals surface area contributed by atoms with Crippen LogP contribution < -0.4 is 10.6 Å². The van der Waals surface area contributed by atoms with Crippen molar-refractivity contribution in [1.29, 1.82) is 0 Å². The molecule has 1 aliphatic carbocycles. The van der Waals surface area contributed by atoms with E-state index < -0.39 is 0 Å². The van der Waals surface area contributed by atoms with Crippen LogP contribution in [0.3, 0.4) is 0 Å². The van der Waals surface area contributed by atoms with E-state index in [-0.39, 0.29) is 0 Å². The fourth-order valence-corrected chi connectivity index (χ4v) is 2.22. The molecule has 0 saturated heterocycles. The largest absolute Gasteiger partial charge is 0.368 e. The monoisotopic (exact) mass is 246 g/mol. The van der Waals surface area contributed by atoms with Gasteiger partial charge in [-0.3, -0.25) is 0 Å². The van der Waals surface area contributed by atoms with E-state index in [0.29, 0.717) is 17.6 Å². The van der Waals surface area contributed by atoms with Crippen molar-refractivity contribution in [2.24, 2.45) is 0 Å². The summed E-state index contributed by atoms with van der Waals surface area (Å²) in [5, 5.41) is 0. The summed E-state index contributed by atoms with van der Waals surface area (Å²) in [5.41, 5.74) is 7.32. The standard InChI is InChI=1S/C12H18N6/c1-2-3-6-18(8-4-5-8)11-9-10(15-7-14-9)16-12(13)17-11/h7-8H,2-6H2,1H3,(H3,13,14,15,16,17). The number of nitrogens with two attached hydrogens (primary N) is 1. The van der Waals surface area contributed by atoms with Crippen molar-refractivity contribution >= 4 is 22.9 Å². The van der Waals surface area contributed by atoms with Gasteiger partial charge in [-0.2, -0.15) is 9.97 Å². The van der Waals surface area contributed by atoms with Crippen LogP contribution in [0.5, 0.6) is 0 Å². The van der Waals surface area contributed by atoms with E-state index in [0.717, 1.165) is 24.3 Å². The van der Waals surface area contributed by atoms with Crippen LogP contribution in [0, 0.1) is 0 Å². The Bertz CT molecular complexity index is 544. The summed E-state index contributed by atoms with van der Waals surface area (Å²) in [6.45, 7) is 3.22. The predicted octanol–water partition coefficient (Wildman–Crippen LogP) is 1.70. The number of hydrogen-bond donors (Lipinski definition) is 2. The molecule has 0 radical (unpaired) electrons. The highest BCUT2D eigenvalue weighted by Crippen LogP contribution is 2.33. The van der Waals surface area contributed by atoms with Crippen molar-refractivity contribution in [1.82, 2.24) is 19.9 Å². The number of unbranched alkanes of at least 4 members (excludes halogenated alkanes) is 1. The summed E-state index contributed by atoms with van der Waals surface area (Å²) < 4.78 is 0. The summed E-state index contributed by atoms with van der Waals surface area (Å²) in [7, 11) is 0. The summed E-state index contributed by atoms with van der Waals surface area (Å²) in [4.78, 5) is 18.2. The molecule has 0 spiro atoms. The third-order valence-electron chi connectivity index (χ3n) is 3.30. The fourth-order valence-electron chi connectivity index (χ4n) is 2.22. The van der Waals surface area contributed by atoms with Crippen LogP contribution in [-0.2, 0) is 0 Å². The molecule has 0 aliphatic heterocycles. The first kappa shape index (κ1) is 11.3. The topological polar surface area (TPSA) is 83.7 Å². The van der Waals surface area contributed by atoms with Gasteiger partial charge in [-0.05, 0) is 19.3 Å². The lowest BCUT2D eigenvalue weighted by atomic mass is 10.3. The second-order valence-electron chi connectivity index (χ2n) is 4.78. The number of hydrogen-bond acceptors (Lipinski definition) is 5. The van der Waals surface area contributed by atoms with E-state index in [1.54, 1.807) is 6.33 Å². The molecule has 1 aliphatic rings. The summed E-state index contributed by atoms with van der Waals surface area (Å²) in [5.74, 6) is 1.21. The van der Waals surface area contributed by atoms with E-state index in [1.807, 2.05) is 0 Å². The zero-order chi connectivity index (χ0) is 12.5. The van der Waals surface area contributed by atoms with Gasteiger partial charge in [-0.1, -0.05) is 13.3 Å². The third-order valence-corrected chi connectivity index (χ3v) is 3.30. The minimum Gasteiger partial charge on any atom is -0.368 e. The molecule has 3 rings (SSSR count). The summed E-state index contributed by atoms with van der Waals surface area (Å²) >= 11 is 0. The number of anilines is 2. The van der Waals surface area contributed by atoms with Crippen molar-refractivity contribution < 1.29 is 0 Å². The molecule has 3 N–H and O–H groups in total. The number of nitrogens with zero attached hydrogens (tertiary/aromatic N) is 4. The van der Waals surface area contributed by atoms with Crippen LogP contribution in [0.4, 0.5) is 11.8 Å². The third kappa shape index (κ3) is 1.98. The van der Waals surface area contributed by atoms with Crippen LogP contribution in [0.25, 0.3) is 11.2 Å². The van der Waals surface area contributed by atoms with Gasteiger partial charge in [0.15, 0.2) is 11.5 Å². The SMILES string of the molecule is CCCCN(c1nc(N)nc2nc[nH]c12)C1CC1. The van der Waals surface area contributed by atoms with Crippen LogP contribution >= 0.6 is 0 Å². The number of H-pyrrole nitrogens is 1. The van der Waals surface area contributed by atoms with Gasteiger partial charge in [-0.15, -0.1) is 0 Å². The molecule has 2 aromatic heterocycles.